The minimum Gasteiger partial charge on any atom is -0.294 e. The molecule has 0 heterocycles. The number of aryl methyl sites for hydroxylation is 1. The van der Waals surface area contributed by atoms with Gasteiger partial charge >= 0.3 is 0 Å². The van der Waals surface area contributed by atoms with Gasteiger partial charge in [0.25, 0.3) is 0 Å². The van der Waals surface area contributed by atoms with Gasteiger partial charge in [0.1, 0.15) is 5.82 Å². The van der Waals surface area contributed by atoms with Crippen LogP contribution in [-0.4, -0.2) is 5.78 Å². The molecule has 0 saturated heterocycles. The summed E-state index contributed by atoms with van der Waals surface area (Å²) in [6.07, 6.45) is 0.184. The van der Waals surface area contributed by atoms with Crippen LogP contribution in [0.4, 0.5) is 4.39 Å². The normalized spacial score (nSPS) is 10.4. The molecule has 0 aromatic heterocycles. The van der Waals surface area contributed by atoms with Crippen molar-refractivity contribution in [3.8, 4) is 0 Å². The van der Waals surface area contributed by atoms with Crippen LogP contribution in [0.2, 0.25) is 5.02 Å². The van der Waals surface area contributed by atoms with E-state index in [2.05, 4.69) is 0 Å². The highest BCUT2D eigenvalue weighted by atomic mass is 35.5. The average molecular weight is 263 g/mol. The van der Waals surface area contributed by atoms with Crippen molar-refractivity contribution in [2.45, 2.75) is 13.3 Å². The third kappa shape index (κ3) is 2.77. The second-order valence-corrected chi connectivity index (χ2v) is 4.59. The molecule has 3 heteroatoms. The van der Waals surface area contributed by atoms with Crippen molar-refractivity contribution in [2.24, 2.45) is 0 Å². The molecule has 0 amide bonds. The summed E-state index contributed by atoms with van der Waals surface area (Å²) in [7, 11) is 0. The van der Waals surface area contributed by atoms with Gasteiger partial charge in [-0.15, -0.1) is 0 Å². The molecular weight excluding hydrogens is 251 g/mol. The van der Waals surface area contributed by atoms with E-state index in [-0.39, 0.29) is 17.8 Å². The lowest BCUT2D eigenvalue weighted by Crippen LogP contribution is -2.07. The van der Waals surface area contributed by atoms with Gasteiger partial charge in [0.05, 0.1) is 5.56 Å². The van der Waals surface area contributed by atoms with Gasteiger partial charge in [-0.1, -0.05) is 35.9 Å². The van der Waals surface area contributed by atoms with Crippen molar-refractivity contribution in [2.75, 3.05) is 0 Å². The summed E-state index contributed by atoms with van der Waals surface area (Å²) in [5.74, 6) is -0.790. The van der Waals surface area contributed by atoms with E-state index in [9.17, 15) is 9.18 Å². The molecule has 2 aromatic rings. The van der Waals surface area contributed by atoms with E-state index in [0.717, 1.165) is 11.1 Å². The first-order valence-electron chi connectivity index (χ1n) is 5.60. The number of hydrogen-bond donors (Lipinski definition) is 0. The minimum atomic E-state index is -0.530. The van der Waals surface area contributed by atoms with Crippen molar-refractivity contribution < 1.29 is 9.18 Å². The van der Waals surface area contributed by atoms with Crippen molar-refractivity contribution in [3.63, 3.8) is 0 Å². The first-order chi connectivity index (χ1) is 8.58. The van der Waals surface area contributed by atoms with Gasteiger partial charge < -0.3 is 0 Å². The number of rotatable bonds is 3. The average Bonchev–Trinajstić information content (AvgIpc) is 2.35. The lowest BCUT2D eigenvalue weighted by Gasteiger charge is -2.06. The molecule has 0 atom stereocenters. The second-order valence-electron chi connectivity index (χ2n) is 4.15. The Morgan fingerprint density at radius 3 is 2.67 bits per heavy atom. The van der Waals surface area contributed by atoms with Crippen molar-refractivity contribution in [1.29, 1.82) is 0 Å². The zero-order valence-electron chi connectivity index (χ0n) is 9.91. The third-order valence-electron chi connectivity index (χ3n) is 2.84. The van der Waals surface area contributed by atoms with E-state index in [4.69, 9.17) is 11.6 Å². The summed E-state index contributed by atoms with van der Waals surface area (Å²) < 4.78 is 13.5. The largest absolute Gasteiger partial charge is 0.294 e. The molecule has 2 aromatic carbocycles. The maximum Gasteiger partial charge on any atom is 0.170 e. The Kier molecular flexibility index (Phi) is 3.78. The summed E-state index contributed by atoms with van der Waals surface area (Å²) in [5, 5.41) is 0.365. The molecule has 0 saturated carbocycles. The molecule has 0 aliphatic rings. The van der Waals surface area contributed by atoms with Crippen LogP contribution in [0.15, 0.2) is 42.5 Å². The van der Waals surface area contributed by atoms with E-state index in [1.165, 1.54) is 18.2 Å². The van der Waals surface area contributed by atoms with Gasteiger partial charge in [-0.2, -0.15) is 0 Å². The lowest BCUT2D eigenvalue weighted by atomic mass is 9.99. The summed E-state index contributed by atoms with van der Waals surface area (Å²) >= 11 is 5.78. The van der Waals surface area contributed by atoms with Gasteiger partial charge in [0.15, 0.2) is 5.78 Å². The Bertz CT molecular complexity index is 593. The van der Waals surface area contributed by atoms with Crippen LogP contribution in [-0.2, 0) is 6.42 Å². The number of Topliss-reactive ketones (excluding diaryl/α,β-unsaturated/α-hetero) is 1. The maximum absolute atomic E-state index is 13.5. The predicted octanol–water partition coefficient (Wildman–Crippen LogP) is 4.21. The van der Waals surface area contributed by atoms with Gasteiger partial charge in [-0.25, -0.2) is 4.39 Å². The molecule has 2 rings (SSSR count). The van der Waals surface area contributed by atoms with Crippen LogP contribution in [0.5, 0.6) is 0 Å². The summed E-state index contributed by atoms with van der Waals surface area (Å²) in [4.78, 5) is 12.0. The summed E-state index contributed by atoms with van der Waals surface area (Å²) in [6, 6.07) is 11.6. The fraction of sp³-hybridized carbons (Fsp3) is 0.133. The van der Waals surface area contributed by atoms with Crippen LogP contribution in [0.1, 0.15) is 21.5 Å². The van der Waals surface area contributed by atoms with Gasteiger partial charge in [-0.05, 0) is 36.2 Å². The molecule has 0 bridgehead atoms. The van der Waals surface area contributed by atoms with E-state index >= 15 is 0 Å². The molecule has 1 nitrogen and oxygen atoms in total. The lowest BCUT2D eigenvalue weighted by molar-refractivity contribution is 0.0989. The summed E-state index contributed by atoms with van der Waals surface area (Å²) in [5.41, 5.74) is 1.97. The molecule has 92 valence electrons. The Balaban J connectivity index is 2.28. The van der Waals surface area contributed by atoms with Crippen LogP contribution in [0.25, 0.3) is 0 Å². The maximum atomic E-state index is 13.5. The highest BCUT2D eigenvalue weighted by Gasteiger charge is 2.13. The van der Waals surface area contributed by atoms with E-state index < -0.39 is 5.82 Å². The topological polar surface area (TPSA) is 17.1 Å². The van der Waals surface area contributed by atoms with Crippen LogP contribution < -0.4 is 0 Å². The molecule has 0 unspecified atom stereocenters. The molecule has 0 N–H and O–H groups in total. The third-order valence-corrected chi connectivity index (χ3v) is 3.08. The number of halogens is 2. The van der Waals surface area contributed by atoms with Crippen molar-refractivity contribution >= 4 is 17.4 Å². The SMILES string of the molecule is Cc1ccccc1CC(=O)c1cc(Cl)ccc1F. The Labute approximate surface area is 110 Å². The Hall–Kier alpha value is -1.67. The van der Waals surface area contributed by atoms with Gasteiger partial charge in [0.2, 0.25) is 0 Å². The number of hydrogen-bond acceptors (Lipinski definition) is 1. The predicted molar refractivity (Wildman–Crippen MR) is 70.6 cm³/mol. The van der Waals surface area contributed by atoms with E-state index in [1.807, 2.05) is 31.2 Å². The molecule has 0 radical (unpaired) electrons. The van der Waals surface area contributed by atoms with Crippen LogP contribution in [0, 0.1) is 12.7 Å². The van der Waals surface area contributed by atoms with Crippen LogP contribution in [0.3, 0.4) is 0 Å². The quantitative estimate of drug-likeness (QED) is 0.757. The highest BCUT2D eigenvalue weighted by Crippen LogP contribution is 2.18. The van der Waals surface area contributed by atoms with Crippen molar-refractivity contribution in [1.82, 2.24) is 0 Å². The standard InChI is InChI=1S/C15H12ClFO/c1-10-4-2-3-5-11(10)8-15(18)13-9-12(16)6-7-14(13)17/h2-7,9H,8H2,1H3. The van der Waals surface area contributed by atoms with Gasteiger partial charge in [-0.3, -0.25) is 4.79 Å². The smallest absolute Gasteiger partial charge is 0.170 e. The molecule has 0 aliphatic carbocycles. The number of carbonyl (C=O) groups excluding carboxylic acids is 1. The zero-order chi connectivity index (χ0) is 13.1. The first kappa shape index (κ1) is 12.8. The Morgan fingerprint density at radius 2 is 1.94 bits per heavy atom. The number of carbonyl (C=O) groups is 1. The van der Waals surface area contributed by atoms with E-state index in [0.29, 0.717) is 5.02 Å². The second kappa shape index (κ2) is 5.32. The number of benzene rings is 2. The zero-order valence-corrected chi connectivity index (χ0v) is 10.7. The fourth-order valence-electron chi connectivity index (χ4n) is 1.79. The monoisotopic (exact) mass is 262 g/mol. The number of ketones is 1. The Morgan fingerprint density at radius 1 is 1.22 bits per heavy atom. The van der Waals surface area contributed by atoms with E-state index in [1.54, 1.807) is 0 Å². The minimum absolute atomic E-state index is 0.0470. The van der Waals surface area contributed by atoms with Gasteiger partial charge in [0, 0.05) is 11.4 Å². The molecule has 0 aliphatic heterocycles. The van der Waals surface area contributed by atoms with Crippen LogP contribution >= 0.6 is 11.6 Å². The summed E-state index contributed by atoms with van der Waals surface area (Å²) in [6.45, 7) is 1.93. The highest BCUT2D eigenvalue weighted by molar-refractivity contribution is 6.31. The van der Waals surface area contributed by atoms with Crippen molar-refractivity contribution in [3.05, 3.63) is 70.0 Å². The first-order valence-corrected chi connectivity index (χ1v) is 5.98. The molecular formula is C15H12ClFO. The fourth-order valence-corrected chi connectivity index (χ4v) is 1.96. The molecule has 0 spiro atoms. The molecule has 18 heavy (non-hydrogen) atoms. The molecule has 0 fully saturated rings.